The Labute approximate surface area is 101 Å². The van der Waals surface area contributed by atoms with E-state index in [-0.39, 0.29) is 5.91 Å². The number of amides is 1. The van der Waals surface area contributed by atoms with Crippen molar-refractivity contribution in [1.29, 1.82) is 0 Å². The van der Waals surface area contributed by atoms with Gasteiger partial charge < -0.3 is 14.4 Å². The quantitative estimate of drug-likeness (QED) is 0.781. The highest BCUT2D eigenvalue weighted by atomic mass is 16.5. The van der Waals surface area contributed by atoms with E-state index in [0.717, 1.165) is 0 Å². The summed E-state index contributed by atoms with van der Waals surface area (Å²) in [5.41, 5.74) is 0.445. The molecule has 5 heteroatoms. The molecule has 0 radical (unpaired) electrons. The summed E-state index contributed by atoms with van der Waals surface area (Å²) in [6, 6.07) is 3.34. The van der Waals surface area contributed by atoms with Crippen LogP contribution in [0.4, 0.5) is 0 Å². The molecule has 0 N–H and O–H groups in total. The lowest BCUT2D eigenvalue weighted by Gasteiger charge is -2.14. The number of carbonyl (C=O) groups excluding carboxylic acids is 1. The SMILES string of the molecule is CCOc1ccc(C(=O)N(C)C)c(OCC)n1. The van der Waals surface area contributed by atoms with Gasteiger partial charge in [-0.05, 0) is 19.9 Å². The minimum absolute atomic E-state index is 0.135. The minimum Gasteiger partial charge on any atom is -0.478 e. The van der Waals surface area contributed by atoms with Crippen molar-refractivity contribution in [3.63, 3.8) is 0 Å². The first-order valence-electron chi connectivity index (χ1n) is 5.58. The fourth-order valence-electron chi connectivity index (χ4n) is 1.30. The first kappa shape index (κ1) is 13.3. The van der Waals surface area contributed by atoms with Crippen molar-refractivity contribution in [2.45, 2.75) is 13.8 Å². The lowest BCUT2D eigenvalue weighted by Crippen LogP contribution is -2.22. The molecule has 1 aromatic heterocycles. The summed E-state index contributed by atoms with van der Waals surface area (Å²) in [6.45, 7) is 4.70. The Morgan fingerprint density at radius 3 is 2.41 bits per heavy atom. The van der Waals surface area contributed by atoms with E-state index in [9.17, 15) is 4.79 Å². The van der Waals surface area contributed by atoms with E-state index in [1.165, 1.54) is 4.90 Å². The molecule has 0 spiro atoms. The molecule has 17 heavy (non-hydrogen) atoms. The summed E-state index contributed by atoms with van der Waals surface area (Å²) in [7, 11) is 3.38. The van der Waals surface area contributed by atoms with Gasteiger partial charge in [-0.1, -0.05) is 0 Å². The van der Waals surface area contributed by atoms with Crippen LogP contribution in [0.15, 0.2) is 12.1 Å². The molecule has 0 atom stereocenters. The molecule has 0 unspecified atom stereocenters. The lowest BCUT2D eigenvalue weighted by atomic mass is 10.2. The van der Waals surface area contributed by atoms with Gasteiger partial charge in [0.25, 0.3) is 5.91 Å². The second-order valence-electron chi connectivity index (χ2n) is 3.57. The molecule has 0 saturated carbocycles. The molecule has 1 amide bonds. The zero-order valence-electron chi connectivity index (χ0n) is 10.7. The van der Waals surface area contributed by atoms with Crippen molar-refractivity contribution in [3.05, 3.63) is 17.7 Å². The van der Waals surface area contributed by atoms with Gasteiger partial charge in [-0.15, -0.1) is 0 Å². The van der Waals surface area contributed by atoms with Crippen molar-refractivity contribution >= 4 is 5.91 Å². The third kappa shape index (κ3) is 3.34. The van der Waals surface area contributed by atoms with Crippen LogP contribution in [0.25, 0.3) is 0 Å². The molecular formula is C12H18N2O3. The van der Waals surface area contributed by atoms with E-state index in [4.69, 9.17) is 9.47 Å². The minimum atomic E-state index is -0.135. The van der Waals surface area contributed by atoms with Crippen LogP contribution in [-0.4, -0.2) is 43.1 Å². The van der Waals surface area contributed by atoms with Crippen molar-refractivity contribution < 1.29 is 14.3 Å². The second-order valence-corrected chi connectivity index (χ2v) is 3.57. The van der Waals surface area contributed by atoms with E-state index in [1.54, 1.807) is 26.2 Å². The zero-order chi connectivity index (χ0) is 12.8. The van der Waals surface area contributed by atoms with Crippen molar-refractivity contribution in [2.24, 2.45) is 0 Å². The van der Waals surface area contributed by atoms with E-state index >= 15 is 0 Å². The lowest BCUT2D eigenvalue weighted by molar-refractivity contribution is 0.0822. The van der Waals surface area contributed by atoms with E-state index in [2.05, 4.69) is 4.98 Å². The number of hydrogen-bond donors (Lipinski definition) is 0. The number of ether oxygens (including phenoxy) is 2. The molecule has 1 aromatic rings. The van der Waals surface area contributed by atoms with Gasteiger partial charge in [0.05, 0.1) is 13.2 Å². The maximum Gasteiger partial charge on any atom is 0.258 e. The Morgan fingerprint density at radius 2 is 1.88 bits per heavy atom. The number of hydrogen-bond acceptors (Lipinski definition) is 4. The Hall–Kier alpha value is -1.78. The first-order valence-corrected chi connectivity index (χ1v) is 5.58. The normalized spacial score (nSPS) is 9.88. The smallest absolute Gasteiger partial charge is 0.258 e. The van der Waals surface area contributed by atoms with Gasteiger partial charge in [-0.2, -0.15) is 4.98 Å². The fraction of sp³-hybridized carbons (Fsp3) is 0.500. The molecule has 1 heterocycles. The average Bonchev–Trinajstić information content (AvgIpc) is 2.29. The third-order valence-corrected chi connectivity index (χ3v) is 2.04. The van der Waals surface area contributed by atoms with Crippen molar-refractivity contribution in [2.75, 3.05) is 27.3 Å². The van der Waals surface area contributed by atoms with Crippen molar-refractivity contribution in [1.82, 2.24) is 9.88 Å². The molecule has 1 rings (SSSR count). The molecule has 0 aliphatic rings. The van der Waals surface area contributed by atoms with E-state index in [0.29, 0.717) is 30.5 Å². The summed E-state index contributed by atoms with van der Waals surface area (Å²) in [5, 5.41) is 0. The standard InChI is InChI=1S/C12H18N2O3/c1-5-16-10-8-7-9(12(15)14(3)4)11(13-10)17-6-2/h7-8H,5-6H2,1-4H3. The predicted octanol–water partition coefficient (Wildman–Crippen LogP) is 1.58. The van der Waals surface area contributed by atoms with Crippen LogP contribution in [0.3, 0.4) is 0 Å². The molecule has 94 valence electrons. The number of carbonyl (C=O) groups is 1. The topological polar surface area (TPSA) is 51.7 Å². The first-order chi connectivity index (χ1) is 8.10. The van der Waals surface area contributed by atoms with Crippen LogP contribution in [0.5, 0.6) is 11.8 Å². The van der Waals surface area contributed by atoms with Crippen LogP contribution in [0.2, 0.25) is 0 Å². The Balaban J connectivity index is 3.07. The molecule has 0 fully saturated rings. The van der Waals surface area contributed by atoms with Crippen LogP contribution < -0.4 is 9.47 Å². The third-order valence-electron chi connectivity index (χ3n) is 2.04. The largest absolute Gasteiger partial charge is 0.478 e. The highest BCUT2D eigenvalue weighted by molar-refractivity contribution is 5.96. The monoisotopic (exact) mass is 238 g/mol. The molecule has 0 bridgehead atoms. The Bertz CT molecular complexity index is 391. The van der Waals surface area contributed by atoms with Gasteiger partial charge in [-0.25, -0.2) is 0 Å². The fourth-order valence-corrected chi connectivity index (χ4v) is 1.30. The molecular weight excluding hydrogens is 220 g/mol. The molecule has 5 nitrogen and oxygen atoms in total. The number of nitrogens with zero attached hydrogens (tertiary/aromatic N) is 2. The highest BCUT2D eigenvalue weighted by Crippen LogP contribution is 2.21. The average molecular weight is 238 g/mol. The van der Waals surface area contributed by atoms with E-state index < -0.39 is 0 Å². The number of pyridine rings is 1. The van der Waals surface area contributed by atoms with Gasteiger partial charge in [0.2, 0.25) is 11.8 Å². The van der Waals surface area contributed by atoms with Gasteiger partial charge in [-0.3, -0.25) is 4.79 Å². The highest BCUT2D eigenvalue weighted by Gasteiger charge is 2.16. The molecule has 0 aliphatic heterocycles. The number of aromatic nitrogens is 1. The Kier molecular flexibility index (Phi) is 4.75. The zero-order valence-corrected chi connectivity index (χ0v) is 10.7. The Morgan fingerprint density at radius 1 is 1.24 bits per heavy atom. The number of rotatable bonds is 5. The summed E-state index contributed by atoms with van der Waals surface area (Å²) in [5.74, 6) is 0.646. The maximum absolute atomic E-state index is 11.9. The summed E-state index contributed by atoms with van der Waals surface area (Å²) in [6.07, 6.45) is 0. The maximum atomic E-state index is 11.9. The van der Waals surface area contributed by atoms with Crippen LogP contribution in [0.1, 0.15) is 24.2 Å². The van der Waals surface area contributed by atoms with Crippen LogP contribution in [0, 0.1) is 0 Å². The van der Waals surface area contributed by atoms with Crippen LogP contribution in [-0.2, 0) is 0 Å². The second kappa shape index (κ2) is 6.08. The summed E-state index contributed by atoms with van der Waals surface area (Å²) in [4.78, 5) is 17.5. The summed E-state index contributed by atoms with van der Waals surface area (Å²) >= 11 is 0. The molecule has 0 aliphatic carbocycles. The van der Waals surface area contributed by atoms with Crippen molar-refractivity contribution in [3.8, 4) is 11.8 Å². The van der Waals surface area contributed by atoms with Gasteiger partial charge >= 0.3 is 0 Å². The predicted molar refractivity (Wildman–Crippen MR) is 64.6 cm³/mol. The molecule has 0 aromatic carbocycles. The molecule has 0 saturated heterocycles. The van der Waals surface area contributed by atoms with E-state index in [1.807, 2.05) is 13.8 Å². The summed E-state index contributed by atoms with van der Waals surface area (Å²) < 4.78 is 10.6. The van der Waals surface area contributed by atoms with Crippen LogP contribution >= 0.6 is 0 Å². The van der Waals surface area contributed by atoms with Gasteiger partial charge in [0.15, 0.2) is 0 Å². The van der Waals surface area contributed by atoms with Gasteiger partial charge in [0, 0.05) is 20.2 Å². The van der Waals surface area contributed by atoms with Gasteiger partial charge in [0.1, 0.15) is 5.56 Å².